The van der Waals surface area contributed by atoms with E-state index in [0.717, 1.165) is 63.6 Å². The number of ether oxygens (including phenoxy) is 1. The Kier molecular flexibility index (Phi) is 9.97. The topological polar surface area (TPSA) is 83.0 Å². The highest BCUT2D eigenvalue weighted by Gasteiger charge is 2.38. The molecule has 40 heavy (non-hydrogen) atoms. The van der Waals surface area contributed by atoms with Crippen LogP contribution in [0.15, 0.2) is 11.4 Å². The monoisotopic (exact) mass is 585 g/mol. The Bertz CT molecular complexity index is 1230. The van der Waals surface area contributed by atoms with Crippen LogP contribution in [0.1, 0.15) is 99.3 Å². The average Bonchev–Trinajstić information content (AvgIpc) is 3.50. The molecule has 9 heteroatoms. The van der Waals surface area contributed by atoms with Gasteiger partial charge in [-0.15, -0.1) is 11.3 Å². The Morgan fingerprint density at radius 2 is 1.77 bits per heavy atom. The fourth-order valence-electron chi connectivity index (χ4n) is 5.53. The molecule has 1 N–H and O–H groups in total. The summed E-state index contributed by atoms with van der Waals surface area (Å²) in [5, 5.41) is 12.9. The molecule has 0 bridgehead atoms. The molecule has 2 heterocycles. The van der Waals surface area contributed by atoms with Crippen molar-refractivity contribution in [3.05, 3.63) is 26.9 Å². The fraction of sp³-hybridized carbons (Fsp3) is 0.645. The number of hydrogen-bond acceptors (Lipinski definition) is 7. The predicted octanol–water partition coefficient (Wildman–Crippen LogP) is 6.91. The van der Waals surface area contributed by atoms with Crippen molar-refractivity contribution in [1.29, 1.82) is 0 Å². The van der Waals surface area contributed by atoms with Crippen LogP contribution in [-0.4, -0.2) is 53.1 Å². The molecule has 0 spiro atoms. The first kappa shape index (κ1) is 30.5. The van der Waals surface area contributed by atoms with Gasteiger partial charge in [0, 0.05) is 29.3 Å². The summed E-state index contributed by atoms with van der Waals surface area (Å²) < 4.78 is 6.24. The number of aromatic carboxylic acids is 1. The van der Waals surface area contributed by atoms with Gasteiger partial charge < -0.3 is 19.6 Å². The Hall–Kier alpha value is -2.41. The second kappa shape index (κ2) is 13.1. The maximum absolute atomic E-state index is 14.1. The molecular formula is C31H43N3O4S2. The van der Waals surface area contributed by atoms with Crippen LogP contribution in [0.2, 0.25) is 0 Å². The summed E-state index contributed by atoms with van der Waals surface area (Å²) in [6.45, 7) is 9.11. The highest BCUT2D eigenvalue weighted by atomic mass is 32.1. The van der Waals surface area contributed by atoms with E-state index in [0.29, 0.717) is 21.7 Å². The van der Waals surface area contributed by atoms with Crippen molar-refractivity contribution >= 4 is 40.2 Å². The molecule has 2 aromatic heterocycles. The van der Waals surface area contributed by atoms with Gasteiger partial charge in [-0.05, 0) is 98.2 Å². The molecule has 4 rings (SSSR count). The minimum absolute atomic E-state index is 0.0386. The molecule has 218 valence electrons. The lowest BCUT2D eigenvalue weighted by atomic mass is 9.81. The van der Waals surface area contributed by atoms with Gasteiger partial charge in [-0.1, -0.05) is 30.1 Å². The lowest BCUT2D eigenvalue weighted by Gasteiger charge is -2.39. The molecule has 1 amide bonds. The molecular weight excluding hydrogens is 542 g/mol. The van der Waals surface area contributed by atoms with Gasteiger partial charge >= 0.3 is 5.97 Å². The van der Waals surface area contributed by atoms with Crippen LogP contribution in [0.4, 0.5) is 5.69 Å². The third kappa shape index (κ3) is 8.08. The maximum atomic E-state index is 14.1. The maximum Gasteiger partial charge on any atom is 0.348 e. The van der Waals surface area contributed by atoms with Crippen molar-refractivity contribution in [2.24, 2.45) is 17.3 Å². The number of hydrogen-bond donors (Lipinski definition) is 1. The van der Waals surface area contributed by atoms with Crippen LogP contribution in [0.5, 0.6) is 5.19 Å². The summed E-state index contributed by atoms with van der Waals surface area (Å²) in [5.41, 5.74) is 1.31. The molecule has 2 saturated carbocycles. The van der Waals surface area contributed by atoms with E-state index in [-0.39, 0.29) is 34.3 Å². The number of anilines is 1. The van der Waals surface area contributed by atoms with E-state index in [2.05, 4.69) is 28.6 Å². The smallest absolute Gasteiger partial charge is 0.348 e. The molecule has 0 atom stereocenters. The first-order valence-electron chi connectivity index (χ1n) is 14.4. The van der Waals surface area contributed by atoms with Crippen LogP contribution in [-0.2, 0) is 11.3 Å². The number of rotatable bonds is 8. The van der Waals surface area contributed by atoms with Gasteiger partial charge in [-0.2, -0.15) is 0 Å². The molecule has 2 fully saturated rings. The molecule has 0 aliphatic heterocycles. The van der Waals surface area contributed by atoms with E-state index >= 15 is 0 Å². The second-order valence-corrected chi connectivity index (χ2v) is 14.6. The Morgan fingerprint density at radius 1 is 1.10 bits per heavy atom. The number of carbonyl (C=O) groups is 2. The second-order valence-electron chi connectivity index (χ2n) is 12.7. The van der Waals surface area contributed by atoms with Crippen molar-refractivity contribution < 1.29 is 19.4 Å². The largest absolute Gasteiger partial charge is 0.477 e. The number of carboxylic acids is 1. The van der Waals surface area contributed by atoms with Crippen molar-refractivity contribution in [1.82, 2.24) is 9.88 Å². The third-order valence-corrected chi connectivity index (χ3v) is 9.42. The van der Waals surface area contributed by atoms with E-state index in [1.165, 1.54) is 22.7 Å². The number of thiazole rings is 1. The summed E-state index contributed by atoms with van der Waals surface area (Å²) in [6.07, 6.45) is 6.93. The van der Waals surface area contributed by atoms with E-state index in [9.17, 15) is 14.7 Å². The van der Waals surface area contributed by atoms with Crippen molar-refractivity contribution in [2.45, 2.75) is 97.8 Å². The van der Waals surface area contributed by atoms with Crippen LogP contribution < -0.4 is 9.64 Å². The number of thiophene rings is 1. The van der Waals surface area contributed by atoms with Gasteiger partial charge in [0.15, 0.2) is 0 Å². The van der Waals surface area contributed by atoms with E-state index < -0.39 is 5.97 Å². The Morgan fingerprint density at radius 3 is 2.38 bits per heavy atom. The van der Waals surface area contributed by atoms with E-state index in [1.54, 1.807) is 0 Å². The molecule has 0 saturated heterocycles. The molecule has 7 nitrogen and oxygen atoms in total. The zero-order valence-electron chi connectivity index (χ0n) is 24.7. The fourth-order valence-corrected chi connectivity index (χ4v) is 7.09. The van der Waals surface area contributed by atoms with Crippen LogP contribution >= 0.6 is 22.7 Å². The third-order valence-electron chi connectivity index (χ3n) is 7.61. The standard InChI is InChI=1S/C31H43N3O4S2/c1-20-7-9-21(10-8-20)28(35)34(26-17-25(15-16-31(2,3)4)40-27(26)29(36)37)23-11-13-24(14-12-23)38-30-32-22(19-39-30)18-33(5)6/h17,19-21,23-24H,7-14,18H2,1-6H3,(H,36,37). The molecule has 0 radical (unpaired) electrons. The van der Waals surface area contributed by atoms with Crippen molar-refractivity contribution in [3.63, 3.8) is 0 Å². The van der Waals surface area contributed by atoms with Gasteiger partial charge in [-0.25, -0.2) is 9.78 Å². The molecule has 2 aromatic rings. The average molecular weight is 586 g/mol. The van der Waals surface area contributed by atoms with Crippen molar-refractivity contribution in [3.8, 4) is 17.0 Å². The first-order valence-corrected chi connectivity index (χ1v) is 16.1. The van der Waals surface area contributed by atoms with Crippen LogP contribution in [0.3, 0.4) is 0 Å². The predicted molar refractivity (Wildman–Crippen MR) is 162 cm³/mol. The normalized spacial score (nSPS) is 23.4. The summed E-state index contributed by atoms with van der Waals surface area (Å²) >= 11 is 2.70. The highest BCUT2D eigenvalue weighted by molar-refractivity contribution is 7.15. The van der Waals surface area contributed by atoms with Gasteiger partial charge in [-0.3, -0.25) is 4.79 Å². The molecule has 2 aliphatic carbocycles. The quantitative estimate of drug-likeness (QED) is 0.339. The molecule has 0 unspecified atom stereocenters. The van der Waals surface area contributed by atoms with Crippen LogP contribution in [0, 0.1) is 29.1 Å². The summed E-state index contributed by atoms with van der Waals surface area (Å²) in [4.78, 5) is 35.9. The molecule has 2 aliphatic rings. The first-order chi connectivity index (χ1) is 18.9. The Balaban J connectivity index is 1.56. The zero-order chi connectivity index (χ0) is 29.0. The van der Waals surface area contributed by atoms with E-state index in [4.69, 9.17) is 4.74 Å². The number of aromatic nitrogens is 1. The van der Waals surface area contributed by atoms with Crippen LogP contribution in [0.25, 0.3) is 0 Å². The zero-order valence-corrected chi connectivity index (χ0v) is 26.3. The lowest BCUT2D eigenvalue weighted by molar-refractivity contribution is -0.124. The van der Waals surface area contributed by atoms with Crippen molar-refractivity contribution in [2.75, 3.05) is 19.0 Å². The minimum Gasteiger partial charge on any atom is -0.477 e. The van der Waals surface area contributed by atoms with Gasteiger partial charge in [0.25, 0.3) is 5.19 Å². The number of nitrogens with zero attached hydrogens (tertiary/aromatic N) is 3. The lowest BCUT2D eigenvalue weighted by Crippen LogP contribution is -2.47. The van der Waals surface area contributed by atoms with E-state index in [1.807, 2.05) is 51.2 Å². The number of carbonyl (C=O) groups excluding carboxylic acids is 1. The number of amides is 1. The summed E-state index contributed by atoms with van der Waals surface area (Å²) in [5.74, 6) is 6.01. The molecule has 0 aromatic carbocycles. The number of carboxylic acid groups (broad SMARTS) is 1. The SMILES string of the molecule is CC1CCC(C(=O)N(c2cc(C#CC(C)(C)C)sc2C(=O)O)C2CCC(Oc3nc(CN(C)C)cs3)CC2)CC1. The van der Waals surface area contributed by atoms with Gasteiger partial charge in [0.2, 0.25) is 5.91 Å². The van der Waals surface area contributed by atoms with Gasteiger partial charge in [0.1, 0.15) is 11.0 Å². The Labute approximate surface area is 246 Å². The highest BCUT2D eigenvalue weighted by Crippen LogP contribution is 2.39. The minimum atomic E-state index is -1.01. The summed E-state index contributed by atoms with van der Waals surface area (Å²) in [7, 11) is 4.04. The van der Waals surface area contributed by atoms with Gasteiger partial charge in [0.05, 0.1) is 16.3 Å². The summed E-state index contributed by atoms with van der Waals surface area (Å²) in [6, 6.07) is 1.77.